The predicted molar refractivity (Wildman–Crippen MR) is 112 cm³/mol. The fourth-order valence-electron chi connectivity index (χ4n) is 3.70. The van der Waals surface area contributed by atoms with Gasteiger partial charge in [-0.15, -0.1) is 0 Å². The number of methoxy groups -OCH3 is 1. The Morgan fingerprint density at radius 1 is 1.17 bits per heavy atom. The Morgan fingerprint density at radius 2 is 1.90 bits per heavy atom. The SMILES string of the molecule is COc1ccc(C(=O)NCc2ccccc2F)cc1S(=O)(=O)N[C@@H]1CCCC[C@@H]1C. The molecule has 0 aliphatic heterocycles. The summed E-state index contributed by atoms with van der Waals surface area (Å²) in [7, 11) is -2.50. The van der Waals surface area contributed by atoms with Gasteiger partial charge < -0.3 is 10.1 Å². The Labute approximate surface area is 176 Å². The van der Waals surface area contributed by atoms with Gasteiger partial charge in [0.15, 0.2) is 0 Å². The van der Waals surface area contributed by atoms with Gasteiger partial charge in [0.05, 0.1) is 7.11 Å². The van der Waals surface area contributed by atoms with E-state index in [0.717, 1.165) is 25.7 Å². The molecular formula is C22H27FN2O4S. The lowest BCUT2D eigenvalue weighted by Gasteiger charge is -2.29. The van der Waals surface area contributed by atoms with Crippen molar-refractivity contribution >= 4 is 15.9 Å². The molecule has 1 fully saturated rings. The Morgan fingerprint density at radius 3 is 2.60 bits per heavy atom. The van der Waals surface area contributed by atoms with Crippen LogP contribution in [-0.2, 0) is 16.6 Å². The van der Waals surface area contributed by atoms with E-state index in [9.17, 15) is 17.6 Å². The number of ether oxygens (including phenoxy) is 1. The summed E-state index contributed by atoms with van der Waals surface area (Å²) in [6, 6.07) is 10.2. The lowest BCUT2D eigenvalue weighted by Crippen LogP contribution is -2.41. The van der Waals surface area contributed by atoms with Gasteiger partial charge >= 0.3 is 0 Å². The van der Waals surface area contributed by atoms with Crippen LogP contribution in [-0.4, -0.2) is 27.5 Å². The predicted octanol–water partition coefficient (Wildman–Crippen LogP) is 3.62. The first-order valence-electron chi connectivity index (χ1n) is 10.0. The molecule has 8 heteroatoms. The van der Waals surface area contributed by atoms with E-state index in [0.29, 0.717) is 5.56 Å². The van der Waals surface area contributed by atoms with Crippen LogP contribution in [0, 0.1) is 11.7 Å². The maximum Gasteiger partial charge on any atom is 0.251 e. The third kappa shape index (κ3) is 5.17. The first-order valence-corrected chi connectivity index (χ1v) is 11.5. The topological polar surface area (TPSA) is 84.5 Å². The normalized spacial score (nSPS) is 19.3. The molecule has 6 nitrogen and oxygen atoms in total. The zero-order valence-corrected chi connectivity index (χ0v) is 18.0. The minimum absolute atomic E-state index is 0.00252. The van der Waals surface area contributed by atoms with Gasteiger partial charge in [-0.05, 0) is 43.0 Å². The summed E-state index contributed by atoms with van der Waals surface area (Å²) in [5.74, 6) is -0.506. The second-order valence-electron chi connectivity index (χ2n) is 7.63. The van der Waals surface area contributed by atoms with E-state index in [1.807, 2.05) is 6.92 Å². The van der Waals surface area contributed by atoms with Crippen LogP contribution in [0.25, 0.3) is 0 Å². The molecule has 0 heterocycles. The zero-order valence-electron chi connectivity index (χ0n) is 17.2. The monoisotopic (exact) mass is 434 g/mol. The van der Waals surface area contributed by atoms with Gasteiger partial charge in [0.25, 0.3) is 5.91 Å². The summed E-state index contributed by atoms with van der Waals surface area (Å²) in [4.78, 5) is 12.5. The van der Waals surface area contributed by atoms with Crippen molar-refractivity contribution in [2.24, 2.45) is 5.92 Å². The summed E-state index contributed by atoms with van der Waals surface area (Å²) in [6.07, 6.45) is 3.84. The van der Waals surface area contributed by atoms with Crippen molar-refractivity contribution in [1.29, 1.82) is 0 Å². The molecule has 2 aromatic rings. The van der Waals surface area contributed by atoms with Gasteiger partial charge in [-0.3, -0.25) is 4.79 Å². The first-order chi connectivity index (χ1) is 14.3. The largest absolute Gasteiger partial charge is 0.495 e. The number of carbonyl (C=O) groups excluding carboxylic acids is 1. The van der Waals surface area contributed by atoms with E-state index < -0.39 is 21.7 Å². The number of benzene rings is 2. The maximum absolute atomic E-state index is 13.8. The fraction of sp³-hybridized carbons (Fsp3) is 0.409. The Balaban J connectivity index is 1.80. The van der Waals surface area contributed by atoms with Crippen LogP contribution < -0.4 is 14.8 Å². The average Bonchev–Trinajstić information content (AvgIpc) is 2.74. The molecule has 2 N–H and O–H groups in total. The highest BCUT2D eigenvalue weighted by Gasteiger charge is 2.29. The molecule has 1 amide bonds. The molecule has 0 spiro atoms. The molecule has 0 bridgehead atoms. The summed E-state index contributed by atoms with van der Waals surface area (Å²) >= 11 is 0. The van der Waals surface area contributed by atoms with Crippen molar-refractivity contribution in [1.82, 2.24) is 10.0 Å². The third-order valence-electron chi connectivity index (χ3n) is 5.53. The van der Waals surface area contributed by atoms with Crippen LogP contribution >= 0.6 is 0 Å². The van der Waals surface area contributed by atoms with Gasteiger partial charge in [0.1, 0.15) is 16.5 Å². The molecule has 0 aromatic heterocycles. The molecule has 0 saturated heterocycles. The number of sulfonamides is 1. The van der Waals surface area contributed by atoms with Gasteiger partial charge in [-0.2, -0.15) is 0 Å². The van der Waals surface area contributed by atoms with Gasteiger partial charge in [0, 0.05) is 23.7 Å². The van der Waals surface area contributed by atoms with Crippen molar-refractivity contribution < 1.29 is 22.3 Å². The van der Waals surface area contributed by atoms with Crippen molar-refractivity contribution in [3.63, 3.8) is 0 Å². The molecular weight excluding hydrogens is 407 g/mol. The van der Waals surface area contributed by atoms with E-state index in [-0.39, 0.29) is 34.7 Å². The second-order valence-corrected chi connectivity index (χ2v) is 9.31. The van der Waals surface area contributed by atoms with Crippen molar-refractivity contribution in [2.75, 3.05) is 7.11 Å². The fourth-order valence-corrected chi connectivity index (χ4v) is 5.28. The minimum Gasteiger partial charge on any atom is -0.495 e. The van der Waals surface area contributed by atoms with Crippen LogP contribution in [0.1, 0.15) is 48.5 Å². The second kappa shape index (κ2) is 9.57. The Hall–Kier alpha value is -2.45. The number of carbonyl (C=O) groups is 1. The Kier molecular flexibility index (Phi) is 7.10. The zero-order chi connectivity index (χ0) is 21.7. The molecule has 1 aliphatic rings. The van der Waals surface area contributed by atoms with Crippen molar-refractivity contribution in [2.45, 2.75) is 50.1 Å². The van der Waals surface area contributed by atoms with E-state index in [1.54, 1.807) is 18.2 Å². The quantitative estimate of drug-likeness (QED) is 0.697. The average molecular weight is 435 g/mol. The van der Waals surface area contributed by atoms with Crippen LogP contribution in [0.4, 0.5) is 4.39 Å². The van der Waals surface area contributed by atoms with E-state index in [2.05, 4.69) is 10.0 Å². The number of halogens is 1. The van der Waals surface area contributed by atoms with E-state index in [4.69, 9.17) is 4.74 Å². The summed E-state index contributed by atoms with van der Waals surface area (Å²) in [5.41, 5.74) is 0.504. The molecule has 0 unspecified atom stereocenters. The van der Waals surface area contributed by atoms with Crippen LogP contribution in [0.15, 0.2) is 47.4 Å². The molecule has 2 atom stereocenters. The number of nitrogens with one attached hydrogen (secondary N) is 2. The molecule has 162 valence electrons. The summed E-state index contributed by atoms with van der Waals surface area (Å²) in [6.45, 7) is 2.04. The number of rotatable bonds is 7. The molecule has 0 radical (unpaired) electrons. The smallest absolute Gasteiger partial charge is 0.251 e. The lowest BCUT2D eigenvalue weighted by atomic mass is 9.87. The first kappa shape index (κ1) is 22.2. The minimum atomic E-state index is -3.88. The number of hydrogen-bond acceptors (Lipinski definition) is 4. The van der Waals surface area contributed by atoms with Crippen LogP contribution in [0.3, 0.4) is 0 Å². The van der Waals surface area contributed by atoms with Gasteiger partial charge in [0.2, 0.25) is 10.0 Å². The van der Waals surface area contributed by atoms with Crippen molar-refractivity contribution in [3.05, 3.63) is 59.4 Å². The highest BCUT2D eigenvalue weighted by atomic mass is 32.2. The highest BCUT2D eigenvalue weighted by molar-refractivity contribution is 7.89. The Bertz CT molecular complexity index is 1010. The summed E-state index contributed by atoms with van der Waals surface area (Å²) < 4.78 is 47.9. The molecule has 3 rings (SSSR count). The molecule has 1 aliphatic carbocycles. The van der Waals surface area contributed by atoms with Crippen LogP contribution in [0.2, 0.25) is 0 Å². The third-order valence-corrected chi connectivity index (χ3v) is 7.04. The maximum atomic E-state index is 13.8. The molecule has 2 aromatic carbocycles. The van der Waals surface area contributed by atoms with E-state index >= 15 is 0 Å². The molecule has 1 saturated carbocycles. The summed E-state index contributed by atoms with van der Waals surface area (Å²) in [5, 5.41) is 2.63. The van der Waals surface area contributed by atoms with Crippen molar-refractivity contribution in [3.8, 4) is 5.75 Å². The van der Waals surface area contributed by atoms with Gasteiger partial charge in [-0.25, -0.2) is 17.5 Å². The standard InChI is InChI=1S/C22H27FN2O4S/c1-15-7-3-6-10-19(15)25-30(27,28)21-13-16(11-12-20(21)29-2)22(26)24-14-17-8-4-5-9-18(17)23/h4-5,8-9,11-13,15,19,25H,3,6-7,10,14H2,1-2H3,(H,24,26)/t15-,19+/m0/s1. The lowest BCUT2D eigenvalue weighted by molar-refractivity contribution is 0.0950. The van der Waals surface area contributed by atoms with E-state index in [1.165, 1.54) is 31.4 Å². The van der Waals surface area contributed by atoms with Crippen LogP contribution in [0.5, 0.6) is 5.75 Å². The van der Waals surface area contributed by atoms with Gasteiger partial charge in [-0.1, -0.05) is 38.0 Å². The number of hydrogen-bond donors (Lipinski definition) is 2. The molecule has 30 heavy (non-hydrogen) atoms. The number of amides is 1. The highest BCUT2D eigenvalue weighted by Crippen LogP contribution is 2.29.